The second-order valence-corrected chi connectivity index (χ2v) is 4.10. The van der Waals surface area contributed by atoms with Crippen LogP contribution in [0, 0.1) is 0 Å². The van der Waals surface area contributed by atoms with Crippen molar-refractivity contribution in [1.29, 1.82) is 0 Å². The number of cyclic esters (lactones) is 1. The zero-order valence-corrected chi connectivity index (χ0v) is 10.5. The summed E-state index contributed by atoms with van der Waals surface area (Å²) in [4.78, 5) is 22.2. The van der Waals surface area contributed by atoms with Crippen molar-refractivity contribution in [2.45, 2.75) is 19.1 Å². The molecule has 1 aliphatic heterocycles. The lowest BCUT2D eigenvalue weighted by molar-refractivity contribution is -0.158. The van der Waals surface area contributed by atoms with Gasteiger partial charge in [0.1, 0.15) is 0 Å². The Labute approximate surface area is 111 Å². The van der Waals surface area contributed by atoms with Crippen molar-refractivity contribution in [3.05, 3.63) is 54.1 Å². The van der Waals surface area contributed by atoms with Gasteiger partial charge in [0.05, 0.1) is 0 Å². The molecular formula is C15H14O4. The predicted molar refractivity (Wildman–Crippen MR) is 70.1 cm³/mol. The molecule has 0 bridgehead atoms. The molecule has 4 nitrogen and oxygen atoms in total. The van der Waals surface area contributed by atoms with Crippen molar-refractivity contribution in [2.75, 3.05) is 0 Å². The van der Waals surface area contributed by atoms with Crippen LogP contribution >= 0.6 is 0 Å². The summed E-state index contributed by atoms with van der Waals surface area (Å²) in [5.74, 6) is -0.850. The van der Waals surface area contributed by atoms with Crippen LogP contribution in [-0.4, -0.2) is 24.1 Å². The third-order valence-electron chi connectivity index (χ3n) is 2.58. The highest BCUT2D eigenvalue weighted by atomic mass is 16.6. The van der Waals surface area contributed by atoms with Crippen LogP contribution in [0.5, 0.6) is 0 Å². The minimum atomic E-state index is -0.596. The average Bonchev–Trinajstić information content (AvgIpc) is 2.40. The Bertz CT molecular complexity index is 516. The molecule has 98 valence electrons. The molecule has 1 heterocycles. The molecule has 1 aromatic rings. The number of carbonyl (C=O) groups is 2. The van der Waals surface area contributed by atoms with Gasteiger partial charge in [-0.05, 0) is 17.7 Å². The van der Waals surface area contributed by atoms with Gasteiger partial charge in [-0.15, -0.1) is 0 Å². The number of benzene rings is 1. The van der Waals surface area contributed by atoms with Crippen molar-refractivity contribution in [2.24, 2.45) is 0 Å². The highest BCUT2D eigenvalue weighted by Gasteiger charge is 2.26. The van der Waals surface area contributed by atoms with Crippen LogP contribution in [0.15, 0.2) is 48.6 Å². The van der Waals surface area contributed by atoms with E-state index in [-0.39, 0.29) is 0 Å². The number of esters is 2. The van der Waals surface area contributed by atoms with Crippen LogP contribution in [0.4, 0.5) is 0 Å². The van der Waals surface area contributed by atoms with Crippen molar-refractivity contribution >= 4 is 18.0 Å². The third-order valence-corrected chi connectivity index (χ3v) is 2.58. The molecule has 2 atom stereocenters. The molecule has 0 fully saturated rings. The molecule has 0 radical (unpaired) electrons. The lowest BCUT2D eigenvalue weighted by atomic mass is 10.1. The summed E-state index contributed by atoms with van der Waals surface area (Å²) in [5, 5.41) is 0. The maximum Gasteiger partial charge on any atom is 0.331 e. The number of carbonyl (C=O) groups excluding carboxylic acids is 2. The Morgan fingerprint density at radius 3 is 2.74 bits per heavy atom. The summed E-state index contributed by atoms with van der Waals surface area (Å²) in [6.45, 7) is 1.32. The van der Waals surface area contributed by atoms with E-state index in [1.54, 1.807) is 6.08 Å². The van der Waals surface area contributed by atoms with Crippen LogP contribution in [-0.2, 0) is 19.1 Å². The van der Waals surface area contributed by atoms with Gasteiger partial charge in [0, 0.05) is 13.0 Å². The summed E-state index contributed by atoms with van der Waals surface area (Å²) in [6.07, 6.45) is 5.17. The summed E-state index contributed by atoms with van der Waals surface area (Å²) < 4.78 is 10.2. The van der Waals surface area contributed by atoms with Gasteiger partial charge >= 0.3 is 11.9 Å². The van der Waals surface area contributed by atoms with Crippen LogP contribution in [0.2, 0.25) is 0 Å². The largest absolute Gasteiger partial charge is 0.454 e. The topological polar surface area (TPSA) is 52.6 Å². The number of ether oxygens (including phenoxy) is 2. The Hall–Kier alpha value is -2.36. The first kappa shape index (κ1) is 13.1. The van der Waals surface area contributed by atoms with Gasteiger partial charge in [0.2, 0.25) is 0 Å². The van der Waals surface area contributed by atoms with Gasteiger partial charge < -0.3 is 9.47 Å². The van der Waals surface area contributed by atoms with Gasteiger partial charge in [-0.1, -0.05) is 36.4 Å². The first-order valence-corrected chi connectivity index (χ1v) is 5.94. The Balaban J connectivity index is 2.11. The van der Waals surface area contributed by atoms with Crippen LogP contribution in [0.25, 0.3) is 6.08 Å². The van der Waals surface area contributed by atoms with E-state index < -0.39 is 24.1 Å². The summed E-state index contributed by atoms with van der Waals surface area (Å²) in [7, 11) is 0. The van der Waals surface area contributed by atoms with Gasteiger partial charge in [0.25, 0.3) is 0 Å². The molecule has 0 saturated carbocycles. The quantitative estimate of drug-likeness (QED) is 0.779. The molecule has 0 N–H and O–H groups in total. The fraction of sp³-hybridized carbons (Fsp3) is 0.200. The SMILES string of the molecule is CC(=O)OC1C=CC(=O)OC1C=Cc1ccccc1. The summed E-state index contributed by atoms with van der Waals surface area (Å²) in [6, 6.07) is 9.60. The minimum absolute atomic E-state index is 0.411. The van der Waals surface area contributed by atoms with Gasteiger partial charge in [0.15, 0.2) is 12.2 Å². The molecule has 1 aliphatic rings. The van der Waals surface area contributed by atoms with E-state index >= 15 is 0 Å². The molecular weight excluding hydrogens is 244 g/mol. The van der Waals surface area contributed by atoms with E-state index in [2.05, 4.69) is 0 Å². The van der Waals surface area contributed by atoms with E-state index in [0.29, 0.717) is 0 Å². The van der Waals surface area contributed by atoms with Crippen LogP contribution in [0.3, 0.4) is 0 Å². The summed E-state index contributed by atoms with van der Waals surface area (Å²) >= 11 is 0. The second kappa shape index (κ2) is 6.00. The molecule has 2 rings (SSSR count). The molecule has 4 heteroatoms. The standard InChI is InChI=1S/C15H14O4/c1-11(16)18-13-9-10-15(17)19-14(13)8-7-12-5-3-2-4-6-12/h2-10,13-14H,1H3. The van der Waals surface area contributed by atoms with Gasteiger partial charge in [-0.3, -0.25) is 4.79 Å². The van der Waals surface area contributed by atoms with Crippen LogP contribution in [0.1, 0.15) is 12.5 Å². The minimum Gasteiger partial charge on any atom is -0.454 e. The fourth-order valence-corrected chi connectivity index (χ4v) is 1.74. The zero-order chi connectivity index (χ0) is 13.7. The maximum absolute atomic E-state index is 11.2. The Morgan fingerprint density at radius 2 is 2.05 bits per heavy atom. The molecule has 19 heavy (non-hydrogen) atoms. The smallest absolute Gasteiger partial charge is 0.331 e. The molecule has 0 saturated heterocycles. The highest BCUT2D eigenvalue weighted by molar-refractivity contribution is 5.83. The molecule has 0 aromatic heterocycles. The van der Waals surface area contributed by atoms with Crippen molar-refractivity contribution < 1.29 is 19.1 Å². The molecule has 0 spiro atoms. The second-order valence-electron chi connectivity index (χ2n) is 4.10. The highest BCUT2D eigenvalue weighted by Crippen LogP contribution is 2.15. The Kier molecular flexibility index (Phi) is 4.13. The number of hydrogen-bond donors (Lipinski definition) is 0. The zero-order valence-electron chi connectivity index (χ0n) is 10.5. The van der Waals surface area contributed by atoms with E-state index in [4.69, 9.17) is 9.47 Å². The van der Waals surface area contributed by atoms with Crippen molar-refractivity contribution in [3.63, 3.8) is 0 Å². The van der Waals surface area contributed by atoms with E-state index in [1.807, 2.05) is 36.4 Å². The first-order chi connectivity index (χ1) is 9.15. The Morgan fingerprint density at radius 1 is 1.32 bits per heavy atom. The van der Waals surface area contributed by atoms with Gasteiger partial charge in [-0.2, -0.15) is 0 Å². The van der Waals surface area contributed by atoms with Crippen molar-refractivity contribution in [3.8, 4) is 0 Å². The number of hydrogen-bond acceptors (Lipinski definition) is 4. The fourth-order valence-electron chi connectivity index (χ4n) is 1.74. The number of rotatable bonds is 3. The average molecular weight is 258 g/mol. The lowest BCUT2D eigenvalue weighted by Gasteiger charge is -2.24. The lowest BCUT2D eigenvalue weighted by Crippen LogP contribution is -2.34. The molecule has 2 unspecified atom stereocenters. The molecule has 1 aromatic carbocycles. The first-order valence-electron chi connectivity index (χ1n) is 5.94. The molecule has 0 aliphatic carbocycles. The van der Waals surface area contributed by atoms with E-state index in [1.165, 1.54) is 19.1 Å². The van der Waals surface area contributed by atoms with E-state index in [9.17, 15) is 9.59 Å². The monoisotopic (exact) mass is 258 g/mol. The summed E-state index contributed by atoms with van der Waals surface area (Å²) in [5.41, 5.74) is 0.981. The molecule has 0 amide bonds. The normalized spacial score (nSPS) is 22.3. The maximum atomic E-state index is 11.2. The van der Waals surface area contributed by atoms with Gasteiger partial charge in [-0.25, -0.2) is 4.79 Å². The predicted octanol–water partition coefficient (Wildman–Crippen LogP) is 2.11. The third kappa shape index (κ3) is 3.81. The van der Waals surface area contributed by atoms with E-state index in [0.717, 1.165) is 5.56 Å². The van der Waals surface area contributed by atoms with Crippen molar-refractivity contribution in [1.82, 2.24) is 0 Å². The van der Waals surface area contributed by atoms with Crippen LogP contribution < -0.4 is 0 Å².